The largest absolute Gasteiger partial charge is 0.351 e. The maximum absolute atomic E-state index is 12.0. The predicted molar refractivity (Wildman–Crippen MR) is 85.4 cm³/mol. The molecule has 21 heavy (non-hydrogen) atoms. The lowest BCUT2D eigenvalue weighted by atomic mass is 10.0. The van der Waals surface area contributed by atoms with Crippen molar-refractivity contribution in [2.45, 2.75) is 33.1 Å². The first-order chi connectivity index (χ1) is 10.0. The van der Waals surface area contributed by atoms with Crippen LogP contribution in [0.2, 0.25) is 0 Å². The second kappa shape index (κ2) is 6.57. The van der Waals surface area contributed by atoms with Crippen molar-refractivity contribution < 1.29 is 4.79 Å². The molecule has 0 saturated heterocycles. The van der Waals surface area contributed by atoms with E-state index in [0.717, 1.165) is 17.7 Å². The lowest BCUT2D eigenvalue weighted by molar-refractivity contribution is 0.0948. The molecule has 0 fully saturated rings. The van der Waals surface area contributed by atoms with E-state index in [1.165, 1.54) is 5.56 Å². The summed E-state index contributed by atoms with van der Waals surface area (Å²) in [5.74, 6) is 0.401. The fraction of sp³-hybridized carbons (Fsp3) is 0.412. The molecular formula is C17H23N3O. The van der Waals surface area contributed by atoms with Crippen molar-refractivity contribution in [2.75, 3.05) is 6.54 Å². The van der Waals surface area contributed by atoms with Crippen molar-refractivity contribution in [2.24, 2.45) is 7.05 Å². The van der Waals surface area contributed by atoms with Crippen LogP contribution >= 0.6 is 0 Å². The van der Waals surface area contributed by atoms with Gasteiger partial charge < -0.3 is 5.32 Å². The highest BCUT2D eigenvalue weighted by Gasteiger charge is 2.13. The number of hydrogen-bond donors (Lipinski definition) is 1. The lowest BCUT2D eigenvalue weighted by Gasteiger charge is -2.06. The maximum Gasteiger partial charge on any atom is 0.271 e. The van der Waals surface area contributed by atoms with Crippen LogP contribution < -0.4 is 5.32 Å². The minimum absolute atomic E-state index is 0.113. The molecule has 0 radical (unpaired) electrons. The Bertz CT molecular complexity index is 611. The molecule has 0 spiro atoms. The Hall–Kier alpha value is -2.10. The summed E-state index contributed by atoms with van der Waals surface area (Å²) >= 11 is 0. The van der Waals surface area contributed by atoms with Gasteiger partial charge in [0.2, 0.25) is 0 Å². The number of benzene rings is 1. The van der Waals surface area contributed by atoms with E-state index in [-0.39, 0.29) is 5.91 Å². The number of aromatic nitrogens is 2. The molecule has 112 valence electrons. The monoisotopic (exact) mass is 285 g/mol. The number of hydrogen-bond acceptors (Lipinski definition) is 2. The van der Waals surface area contributed by atoms with Gasteiger partial charge in [-0.15, -0.1) is 0 Å². The van der Waals surface area contributed by atoms with Crippen molar-refractivity contribution >= 4 is 5.91 Å². The van der Waals surface area contributed by atoms with E-state index in [1.807, 2.05) is 20.0 Å². The Morgan fingerprint density at radius 3 is 2.52 bits per heavy atom. The number of rotatable bonds is 5. The third-order valence-corrected chi connectivity index (χ3v) is 3.52. The van der Waals surface area contributed by atoms with Gasteiger partial charge in [-0.3, -0.25) is 9.48 Å². The minimum Gasteiger partial charge on any atom is -0.351 e. The number of carbonyl (C=O) groups excluding carboxylic acids is 1. The molecule has 2 rings (SSSR count). The summed E-state index contributed by atoms with van der Waals surface area (Å²) in [7, 11) is 1.86. The second-order valence-electron chi connectivity index (χ2n) is 5.57. The molecule has 0 atom stereocenters. The fourth-order valence-corrected chi connectivity index (χ4v) is 2.22. The van der Waals surface area contributed by atoms with Gasteiger partial charge in [-0.2, -0.15) is 5.10 Å². The van der Waals surface area contributed by atoms with Crippen LogP contribution in [0.3, 0.4) is 0 Å². The van der Waals surface area contributed by atoms with Crippen LogP contribution in [0.25, 0.3) is 11.3 Å². The molecule has 0 unspecified atom stereocenters. The highest BCUT2D eigenvalue weighted by molar-refractivity contribution is 5.93. The van der Waals surface area contributed by atoms with Gasteiger partial charge in [0.1, 0.15) is 0 Å². The van der Waals surface area contributed by atoms with Crippen molar-refractivity contribution in [1.29, 1.82) is 0 Å². The van der Waals surface area contributed by atoms with Gasteiger partial charge in [0.15, 0.2) is 5.69 Å². The minimum atomic E-state index is -0.113. The third kappa shape index (κ3) is 3.51. The number of carbonyl (C=O) groups is 1. The molecule has 4 nitrogen and oxygen atoms in total. The molecule has 0 bridgehead atoms. The molecule has 0 aliphatic carbocycles. The van der Waals surface area contributed by atoms with Gasteiger partial charge in [0.05, 0.1) is 5.69 Å². The zero-order valence-electron chi connectivity index (χ0n) is 13.2. The molecule has 0 aliphatic rings. The van der Waals surface area contributed by atoms with Gasteiger partial charge in [-0.1, -0.05) is 45.0 Å². The van der Waals surface area contributed by atoms with Gasteiger partial charge >= 0.3 is 0 Å². The number of nitrogens with zero attached hydrogens (tertiary/aromatic N) is 2. The smallest absolute Gasteiger partial charge is 0.271 e. The Balaban J connectivity index is 2.24. The maximum atomic E-state index is 12.0. The fourth-order valence-electron chi connectivity index (χ4n) is 2.22. The van der Waals surface area contributed by atoms with Gasteiger partial charge in [-0.25, -0.2) is 0 Å². The quantitative estimate of drug-likeness (QED) is 0.915. The van der Waals surface area contributed by atoms with Crippen LogP contribution in [0, 0.1) is 0 Å². The number of amides is 1. The SMILES string of the molecule is CCCNC(=O)c1cc(-c2ccc(C(C)C)cc2)n(C)n1. The summed E-state index contributed by atoms with van der Waals surface area (Å²) in [6.45, 7) is 7.05. The van der Waals surface area contributed by atoms with E-state index >= 15 is 0 Å². The predicted octanol–water partition coefficient (Wildman–Crippen LogP) is 3.35. The number of nitrogens with one attached hydrogen (secondary N) is 1. The van der Waals surface area contributed by atoms with Crippen molar-refractivity contribution in [3.8, 4) is 11.3 Å². The van der Waals surface area contributed by atoms with Crippen LogP contribution in [-0.4, -0.2) is 22.2 Å². The molecule has 2 aromatic rings. The van der Waals surface area contributed by atoms with E-state index in [2.05, 4.69) is 48.5 Å². The standard InChI is InChI=1S/C17H23N3O/c1-5-10-18-17(21)15-11-16(20(4)19-15)14-8-6-13(7-9-14)12(2)3/h6-9,11-12H,5,10H2,1-4H3,(H,18,21). The van der Waals surface area contributed by atoms with Crippen LogP contribution in [0.1, 0.15) is 49.2 Å². The highest BCUT2D eigenvalue weighted by atomic mass is 16.1. The zero-order chi connectivity index (χ0) is 15.4. The molecular weight excluding hydrogens is 262 g/mol. The van der Waals surface area contributed by atoms with Crippen LogP contribution in [0.4, 0.5) is 0 Å². The summed E-state index contributed by atoms with van der Waals surface area (Å²) in [4.78, 5) is 12.0. The van der Waals surface area contributed by atoms with Crippen molar-refractivity contribution in [3.05, 3.63) is 41.6 Å². The summed E-state index contributed by atoms with van der Waals surface area (Å²) in [6, 6.07) is 10.3. The summed E-state index contributed by atoms with van der Waals surface area (Å²) < 4.78 is 1.76. The van der Waals surface area contributed by atoms with Gasteiger partial charge in [-0.05, 0) is 29.5 Å². The van der Waals surface area contributed by atoms with Crippen LogP contribution in [0.5, 0.6) is 0 Å². The molecule has 1 amide bonds. The first-order valence-electron chi connectivity index (χ1n) is 7.45. The second-order valence-corrected chi connectivity index (χ2v) is 5.57. The summed E-state index contributed by atoms with van der Waals surface area (Å²) in [5, 5.41) is 7.15. The average molecular weight is 285 g/mol. The molecule has 0 saturated carbocycles. The summed E-state index contributed by atoms with van der Waals surface area (Å²) in [6.07, 6.45) is 0.919. The van der Waals surface area contributed by atoms with Crippen molar-refractivity contribution in [1.82, 2.24) is 15.1 Å². The Kier molecular flexibility index (Phi) is 4.78. The Labute approximate surface area is 126 Å². The topological polar surface area (TPSA) is 46.9 Å². The van der Waals surface area contributed by atoms with E-state index in [4.69, 9.17) is 0 Å². The van der Waals surface area contributed by atoms with E-state index in [1.54, 1.807) is 4.68 Å². The number of aryl methyl sites for hydroxylation is 1. The molecule has 0 aliphatic heterocycles. The molecule has 1 aromatic carbocycles. The highest BCUT2D eigenvalue weighted by Crippen LogP contribution is 2.23. The van der Waals surface area contributed by atoms with E-state index < -0.39 is 0 Å². The molecule has 4 heteroatoms. The van der Waals surface area contributed by atoms with Crippen LogP contribution in [-0.2, 0) is 7.05 Å². The zero-order valence-corrected chi connectivity index (χ0v) is 13.2. The average Bonchev–Trinajstić information content (AvgIpc) is 2.87. The molecule has 1 N–H and O–H groups in total. The van der Waals surface area contributed by atoms with Gasteiger partial charge in [0, 0.05) is 13.6 Å². The Morgan fingerprint density at radius 1 is 1.29 bits per heavy atom. The lowest BCUT2D eigenvalue weighted by Crippen LogP contribution is -2.24. The molecule has 1 heterocycles. The van der Waals surface area contributed by atoms with E-state index in [0.29, 0.717) is 18.2 Å². The van der Waals surface area contributed by atoms with Gasteiger partial charge in [0.25, 0.3) is 5.91 Å². The molecule has 1 aromatic heterocycles. The Morgan fingerprint density at radius 2 is 1.95 bits per heavy atom. The van der Waals surface area contributed by atoms with Crippen molar-refractivity contribution in [3.63, 3.8) is 0 Å². The summed E-state index contributed by atoms with van der Waals surface area (Å²) in [5.41, 5.74) is 3.80. The normalized spacial score (nSPS) is 10.9. The first kappa shape index (κ1) is 15.3. The first-order valence-corrected chi connectivity index (χ1v) is 7.45. The van der Waals surface area contributed by atoms with E-state index in [9.17, 15) is 4.79 Å². The third-order valence-electron chi connectivity index (χ3n) is 3.52. The van der Waals surface area contributed by atoms with Crippen LogP contribution in [0.15, 0.2) is 30.3 Å².